The van der Waals surface area contributed by atoms with Crippen LogP contribution in [0.15, 0.2) is 164 Å². The van der Waals surface area contributed by atoms with Crippen LogP contribution in [0, 0.1) is 34.6 Å². The molecule has 2 nitrogen and oxygen atoms in total. The van der Waals surface area contributed by atoms with Crippen molar-refractivity contribution in [2.45, 2.75) is 34.6 Å². The van der Waals surface area contributed by atoms with E-state index in [1.165, 1.54) is 44.5 Å². The summed E-state index contributed by atoms with van der Waals surface area (Å²) in [5, 5.41) is 0. The van der Waals surface area contributed by atoms with E-state index in [1.54, 1.807) is 0 Å². The van der Waals surface area contributed by atoms with Crippen molar-refractivity contribution in [3.8, 4) is 11.1 Å². The molecule has 2 heteroatoms. The van der Waals surface area contributed by atoms with Gasteiger partial charge in [0.15, 0.2) is 0 Å². The second-order valence-corrected chi connectivity index (χ2v) is 13.5. The fraction of sp³-hybridized carbons (Fsp3) is 0.102. The molecule has 0 aromatic heterocycles. The Morgan fingerprint density at radius 1 is 0.294 bits per heavy atom. The lowest BCUT2D eigenvalue weighted by atomic mass is 10.0. The van der Waals surface area contributed by atoms with Gasteiger partial charge in [-0.2, -0.15) is 0 Å². The third-order valence-corrected chi connectivity index (χ3v) is 9.61. The Labute approximate surface area is 303 Å². The van der Waals surface area contributed by atoms with E-state index >= 15 is 0 Å². The van der Waals surface area contributed by atoms with Crippen molar-refractivity contribution in [3.05, 3.63) is 203 Å². The molecule has 51 heavy (non-hydrogen) atoms. The number of nitrogens with zero attached hydrogens (tertiary/aromatic N) is 2. The standard InChI is InChI=1S/C49H44N2/c1-35-6-23-44(24-7-35)50(45-25-8-36(2)9-26-45)48-32-21-43(22-33-48)42-19-15-40(16-20-42)13-14-41-17-30-47(31-18-41)51(46-27-10-37(3)11-28-46)49-29-12-38(4)39(5)34-49/h6-34H,1-5H3/b14-13+. The first-order valence-corrected chi connectivity index (χ1v) is 17.7. The molecule has 0 fully saturated rings. The van der Waals surface area contributed by atoms with Crippen molar-refractivity contribution >= 4 is 46.3 Å². The van der Waals surface area contributed by atoms with Gasteiger partial charge in [-0.25, -0.2) is 0 Å². The van der Waals surface area contributed by atoms with Gasteiger partial charge in [0.2, 0.25) is 0 Å². The SMILES string of the molecule is Cc1ccc(N(c2ccc(C)cc2)c2ccc(-c3ccc(/C=C/c4ccc(N(c5ccc(C)cc5)c5ccc(C)c(C)c5)cc4)cc3)cc2)cc1. The minimum Gasteiger partial charge on any atom is -0.311 e. The summed E-state index contributed by atoms with van der Waals surface area (Å²) in [5.74, 6) is 0. The highest BCUT2D eigenvalue weighted by atomic mass is 15.1. The molecule has 0 aliphatic rings. The molecule has 0 aliphatic heterocycles. The zero-order valence-electron chi connectivity index (χ0n) is 30.1. The van der Waals surface area contributed by atoms with Crippen LogP contribution >= 0.6 is 0 Å². The predicted octanol–water partition coefficient (Wildman–Crippen LogP) is 14.0. The minimum atomic E-state index is 1.13. The Morgan fingerprint density at radius 3 is 0.980 bits per heavy atom. The van der Waals surface area contributed by atoms with Crippen LogP contribution in [0.5, 0.6) is 0 Å². The molecule has 0 N–H and O–H groups in total. The van der Waals surface area contributed by atoms with Gasteiger partial charge in [-0.1, -0.05) is 120 Å². The van der Waals surface area contributed by atoms with Crippen LogP contribution in [0.4, 0.5) is 34.1 Å². The smallest absolute Gasteiger partial charge is 0.0464 e. The first kappa shape index (κ1) is 33.4. The maximum atomic E-state index is 2.33. The molecule has 0 heterocycles. The zero-order chi connectivity index (χ0) is 35.3. The Morgan fingerprint density at radius 2 is 0.588 bits per heavy atom. The normalized spacial score (nSPS) is 11.2. The molecule has 0 aliphatic carbocycles. The molecule has 0 saturated heterocycles. The van der Waals surface area contributed by atoms with E-state index in [0.717, 1.165) is 39.7 Å². The third kappa shape index (κ3) is 7.71. The molecule has 7 aromatic carbocycles. The number of rotatable bonds is 9. The first-order chi connectivity index (χ1) is 24.8. The summed E-state index contributed by atoms with van der Waals surface area (Å²) < 4.78 is 0. The van der Waals surface area contributed by atoms with Crippen LogP contribution in [-0.4, -0.2) is 0 Å². The lowest BCUT2D eigenvalue weighted by Crippen LogP contribution is -2.10. The van der Waals surface area contributed by atoms with Crippen LogP contribution in [0.3, 0.4) is 0 Å². The fourth-order valence-electron chi connectivity index (χ4n) is 6.36. The highest BCUT2D eigenvalue weighted by molar-refractivity contribution is 5.80. The minimum absolute atomic E-state index is 1.13. The van der Waals surface area contributed by atoms with Gasteiger partial charge in [-0.15, -0.1) is 0 Å². The second kappa shape index (κ2) is 14.8. The van der Waals surface area contributed by atoms with Gasteiger partial charge in [0.1, 0.15) is 0 Å². The number of hydrogen-bond acceptors (Lipinski definition) is 2. The van der Waals surface area contributed by atoms with Gasteiger partial charge in [0.05, 0.1) is 0 Å². The summed E-state index contributed by atoms with van der Waals surface area (Å²) in [6.07, 6.45) is 4.37. The summed E-state index contributed by atoms with van der Waals surface area (Å²) in [4.78, 5) is 4.64. The average molecular weight is 661 g/mol. The van der Waals surface area contributed by atoms with Crippen LogP contribution in [0.25, 0.3) is 23.3 Å². The largest absolute Gasteiger partial charge is 0.311 e. The van der Waals surface area contributed by atoms with Crippen LogP contribution < -0.4 is 9.80 Å². The van der Waals surface area contributed by atoms with Crippen LogP contribution in [0.2, 0.25) is 0 Å². The topological polar surface area (TPSA) is 6.48 Å². The summed E-state index contributed by atoms with van der Waals surface area (Å²) >= 11 is 0. The van der Waals surface area contributed by atoms with E-state index in [4.69, 9.17) is 0 Å². The van der Waals surface area contributed by atoms with Gasteiger partial charge in [0, 0.05) is 34.1 Å². The van der Waals surface area contributed by atoms with E-state index in [2.05, 4.69) is 220 Å². The zero-order valence-corrected chi connectivity index (χ0v) is 30.1. The molecular formula is C49H44N2. The predicted molar refractivity (Wildman–Crippen MR) is 220 cm³/mol. The molecule has 250 valence electrons. The molecule has 0 bridgehead atoms. The van der Waals surface area contributed by atoms with Gasteiger partial charge in [0.25, 0.3) is 0 Å². The van der Waals surface area contributed by atoms with Gasteiger partial charge >= 0.3 is 0 Å². The molecule has 0 spiro atoms. The second-order valence-electron chi connectivity index (χ2n) is 13.5. The van der Waals surface area contributed by atoms with Gasteiger partial charge < -0.3 is 9.80 Å². The third-order valence-electron chi connectivity index (χ3n) is 9.61. The molecule has 0 amide bonds. The van der Waals surface area contributed by atoms with Gasteiger partial charge in [-0.3, -0.25) is 0 Å². The highest BCUT2D eigenvalue weighted by Crippen LogP contribution is 2.37. The van der Waals surface area contributed by atoms with Crippen molar-refractivity contribution in [2.75, 3.05) is 9.80 Å². The van der Waals surface area contributed by atoms with Crippen molar-refractivity contribution < 1.29 is 0 Å². The van der Waals surface area contributed by atoms with Crippen molar-refractivity contribution in [1.29, 1.82) is 0 Å². The van der Waals surface area contributed by atoms with Crippen LogP contribution in [-0.2, 0) is 0 Å². The number of anilines is 6. The fourth-order valence-corrected chi connectivity index (χ4v) is 6.36. The van der Waals surface area contributed by atoms with E-state index in [1.807, 2.05) is 0 Å². The van der Waals surface area contributed by atoms with E-state index in [-0.39, 0.29) is 0 Å². The summed E-state index contributed by atoms with van der Waals surface area (Å²) in [6, 6.07) is 59.3. The molecule has 7 aromatic rings. The van der Waals surface area contributed by atoms with Gasteiger partial charge in [-0.05, 0) is 141 Å². The van der Waals surface area contributed by atoms with E-state index in [0.29, 0.717) is 0 Å². The highest BCUT2D eigenvalue weighted by Gasteiger charge is 2.14. The number of hydrogen-bond donors (Lipinski definition) is 0. The Balaban J connectivity index is 1.07. The van der Waals surface area contributed by atoms with Crippen LogP contribution in [0.1, 0.15) is 38.9 Å². The molecule has 0 atom stereocenters. The first-order valence-electron chi connectivity index (χ1n) is 17.7. The Bertz CT molecular complexity index is 2200. The number of benzene rings is 7. The summed E-state index contributed by atoms with van der Waals surface area (Å²) in [6.45, 7) is 10.7. The van der Waals surface area contributed by atoms with Crippen molar-refractivity contribution in [1.82, 2.24) is 0 Å². The Kier molecular flexibility index (Phi) is 9.67. The van der Waals surface area contributed by atoms with E-state index < -0.39 is 0 Å². The van der Waals surface area contributed by atoms with Crippen molar-refractivity contribution in [2.24, 2.45) is 0 Å². The molecule has 0 unspecified atom stereocenters. The molecule has 7 rings (SSSR count). The lowest BCUT2D eigenvalue weighted by Gasteiger charge is -2.26. The Hall–Kier alpha value is -6.12. The monoisotopic (exact) mass is 660 g/mol. The molecule has 0 radical (unpaired) electrons. The maximum Gasteiger partial charge on any atom is 0.0464 e. The number of aryl methyl sites for hydroxylation is 5. The summed E-state index contributed by atoms with van der Waals surface area (Å²) in [7, 11) is 0. The lowest BCUT2D eigenvalue weighted by molar-refractivity contribution is 1.24. The van der Waals surface area contributed by atoms with Crippen molar-refractivity contribution in [3.63, 3.8) is 0 Å². The van der Waals surface area contributed by atoms with E-state index in [9.17, 15) is 0 Å². The average Bonchev–Trinajstić information content (AvgIpc) is 3.16. The maximum absolute atomic E-state index is 2.33. The molecular weight excluding hydrogens is 617 g/mol. The summed E-state index contributed by atoms with van der Waals surface area (Å²) in [5.41, 5.74) is 17.9. The quantitative estimate of drug-likeness (QED) is 0.142. The molecule has 0 saturated carbocycles.